The average molecular weight is 263 g/mol. The Labute approximate surface area is 116 Å². The van der Waals surface area contributed by atoms with E-state index in [0.29, 0.717) is 6.54 Å². The highest BCUT2D eigenvalue weighted by atomic mass is 16.5. The van der Waals surface area contributed by atoms with E-state index in [4.69, 9.17) is 4.74 Å². The summed E-state index contributed by atoms with van der Waals surface area (Å²) in [5.74, 6) is 0.959. The lowest BCUT2D eigenvalue weighted by Gasteiger charge is -2.38. The van der Waals surface area contributed by atoms with Crippen molar-refractivity contribution < 1.29 is 9.84 Å². The molecule has 3 nitrogen and oxygen atoms in total. The molecule has 0 radical (unpaired) electrons. The Morgan fingerprint density at radius 1 is 1.42 bits per heavy atom. The van der Waals surface area contributed by atoms with Crippen LogP contribution in [0.4, 0.5) is 0 Å². The van der Waals surface area contributed by atoms with Gasteiger partial charge in [0.05, 0.1) is 6.10 Å². The molecule has 3 heteroatoms. The van der Waals surface area contributed by atoms with E-state index in [0.717, 1.165) is 25.0 Å². The lowest BCUT2D eigenvalue weighted by atomic mass is 9.89. The highest BCUT2D eigenvalue weighted by Crippen LogP contribution is 2.39. The molecule has 0 spiro atoms. The molecular formula is C16H25NO2. The maximum Gasteiger partial charge on any atom is 0.124 e. The van der Waals surface area contributed by atoms with Crippen molar-refractivity contribution in [2.24, 2.45) is 0 Å². The normalized spacial score (nSPS) is 22.4. The summed E-state index contributed by atoms with van der Waals surface area (Å²) in [5, 5.41) is 13.4. The van der Waals surface area contributed by atoms with Gasteiger partial charge < -0.3 is 15.2 Å². The number of benzene rings is 1. The largest absolute Gasteiger partial charge is 0.487 e. The summed E-state index contributed by atoms with van der Waals surface area (Å²) in [6.45, 7) is 6.96. The summed E-state index contributed by atoms with van der Waals surface area (Å²) in [6.07, 6.45) is 2.52. The molecule has 0 amide bonds. The number of para-hydroxylation sites is 1. The summed E-state index contributed by atoms with van der Waals surface area (Å²) in [5.41, 5.74) is 1.03. The highest BCUT2D eigenvalue weighted by Gasteiger charge is 2.33. The van der Waals surface area contributed by atoms with E-state index < -0.39 is 0 Å². The molecule has 2 atom stereocenters. The Bertz CT molecular complexity index is 417. The molecule has 1 aliphatic rings. The number of fused-ring (bicyclic) bond motifs is 1. The van der Waals surface area contributed by atoms with Crippen molar-refractivity contribution in [2.45, 2.75) is 57.8 Å². The number of hydrogen-bond acceptors (Lipinski definition) is 3. The van der Waals surface area contributed by atoms with Crippen molar-refractivity contribution in [1.82, 2.24) is 5.32 Å². The van der Waals surface area contributed by atoms with Crippen LogP contribution in [0.3, 0.4) is 0 Å². The lowest BCUT2D eigenvalue weighted by molar-refractivity contribution is 0.0615. The fourth-order valence-electron chi connectivity index (χ4n) is 2.70. The first-order valence-corrected chi connectivity index (χ1v) is 7.21. The van der Waals surface area contributed by atoms with Crippen LogP contribution in [0.5, 0.6) is 5.75 Å². The second-order valence-corrected chi connectivity index (χ2v) is 6.01. The summed E-state index contributed by atoms with van der Waals surface area (Å²) in [4.78, 5) is 0. The fraction of sp³-hybridized carbons (Fsp3) is 0.625. The second kappa shape index (κ2) is 5.93. The van der Waals surface area contributed by atoms with Gasteiger partial charge in [0.2, 0.25) is 0 Å². The zero-order valence-electron chi connectivity index (χ0n) is 12.1. The van der Waals surface area contributed by atoms with Gasteiger partial charge in [-0.1, -0.05) is 31.5 Å². The van der Waals surface area contributed by atoms with Gasteiger partial charge in [0.1, 0.15) is 11.4 Å². The maximum atomic E-state index is 9.86. The summed E-state index contributed by atoms with van der Waals surface area (Å²) in [6, 6.07) is 8.43. The van der Waals surface area contributed by atoms with E-state index in [1.807, 2.05) is 18.2 Å². The van der Waals surface area contributed by atoms with E-state index in [1.165, 1.54) is 5.56 Å². The molecule has 19 heavy (non-hydrogen) atoms. The quantitative estimate of drug-likeness (QED) is 0.858. The molecular weight excluding hydrogens is 238 g/mol. The Balaban J connectivity index is 2.07. The molecule has 1 aliphatic heterocycles. The summed E-state index contributed by atoms with van der Waals surface area (Å²) in [7, 11) is 0. The fourth-order valence-corrected chi connectivity index (χ4v) is 2.70. The van der Waals surface area contributed by atoms with Crippen LogP contribution in [-0.4, -0.2) is 23.4 Å². The standard InChI is InChI=1S/C16H25NO2/c1-4-7-12(18)11-17-14-10-16(2,3)19-15-9-6-5-8-13(14)15/h5-6,8-9,12,14,17-18H,4,7,10-11H2,1-3H3. The van der Waals surface area contributed by atoms with Crippen LogP contribution in [0.25, 0.3) is 0 Å². The number of hydrogen-bond donors (Lipinski definition) is 2. The van der Waals surface area contributed by atoms with E-state index in [-0.39, 0.29) is 17.7 Å². The maximum absolute atomic E-state index is 9.86. The van der Waals surface area contributed by atoms with Crippen molar-refractivity contribution in [1.29, 1.82) is 0 Å². The smallest absolute Gasteiger partial charge is 0.124 e. The van der Waals surface area contributed by atoms with Crippen LogP contribution < -0.4 is 10.1 Å². The van der Waals surface area contributed by atoms with Gasteiger partial charge in [0, 0.05) is 24.6 Å². The first-order valence-electron chi connectivity index (χ1n) is 7.21. The van der Waals surface area contributed by atoms with E-state index in [9.17, 15) is 5.11 Å². The third kappa shape index (κ3) is 3.71. The number of aliphatic hydroxyl groups excluding tert-OH is 1. The molecule has 0 saturated heterocycles. The van der Waals surface area contributed by atoms with Crippen LogP contribution in [0.1, 0.15) is 51.6 Å². The van der Waals surface area contributed by atoms with Crippen LogP contribution >= 0.6 is 0 Å². The van der Waals surface area contributed by atoms with E-state index in [1.54, 1.807) is 0 Å². The number of aliphatic hydroxyl groups is 1. The molecule has 0 aliphatic carbocycles. The van der Waals surface area contributed by atoms with Crippen LogP contribution in [0.2, 0.25) is 0 Å². The summed E-state index contributed by atoms with van der Waals surface area (Å²) < 4.78 is 6.00. The van der Waals surface area contributed by atoms with Gasteiger partial charge in [-0.3, -0.25) is 0 Å². The monoisotopic (exact) mass is 263 g/mol. The van der Waals surface area contributed by atoms with Crippen molar-refractivity contribution in [3.05, 3.63) is 29.8 Å². The zero-order valence-corrected chi connectivity index (χ0v) is 12.1. The molecule has 2 unspecified atom stereocenters. The minimum absolute atomic E-state index is 0.165. The predicted molar refractivity (Wildman–Crippen MR) is 77.4 cm³/mol. The molecule has 1 heterocycles. The Hall–Kier alpha value is -1.06. The van der Waals surface area contributed by atoms with E-state index >= 15 is 0 Å². The van der Waals surface area contributed by atoms with Gasteiger partial charge >= 0.3 is 0 Å². The molecule has 2 N–H and O–H groups in total. The van der Waals surface area contributed by atoms with Crippen molar-refractivity contribution in [3.8, 4) is 5.75 Å². The summed E-state index contributed by atoms with van der Waals surface area (Å²) >= 11 is 0. The van der Waals surface area contributed by atoms with Crippen molar-refractivity contribution in [3.63, 3.8) is 0 Å². The molecule has 0 aromatic heterocycles. The van der Waals surface area contributed by atoms with Gasteiger partial charge in [0.15, 0.2) is 0 Å². The van der Waals surface area contributed by atoms with Crippen LogP contribution in [-0.2, 0) is 0 Å². The number of ether oxygens (including phenoxy) is 1. The van der Waals surface area contributed by atoms with Gasteiger partial charge in [0.25, 0.3) is 0 Å². The third-order valence-electron chi connectivity index (χ3n) is 3.60. The second-order valence-electron chi connectivity index (χ2n) is 6.01. The average Bonchev–Trinajstić information content (AvgIpc) is 2.35. The van der Waals surface area contributed by atoms with Gasteiger partial charge in [-0.2, -0.15) is 0 Å². The number of nitrogens with one attached hydrogen (secondary N) is 1. The topological polar surface area (TPSA) is 41.5 Å². The molecule has 0 bridgehead atoms. The highest BCUT2D eigenvalue weighted by molar-refractivity contribution is 5.38. The first kappa shape index (κ1) is 14.4. The zero-order chi connectivity index (χ0) is 13.9. The molecule has 106 valence electrons. The molecule has 0 saturated carbocycles. The Morgan fingerprint density at radius 2 is 2.16 bits per heavy atom. The Kier molecular flexibility index (Phi) is 4.48. The SMILES string of the molecule is CCCC(O)CNC1CC(C)(C)Oc2ccccc21. The third-order valence-corrected chi connectivity index (χ3v) is 3.60. The predicted octanol–water partition coefficient (Wildman–Crippen LogP) is 3.04. The minimum Gasteiger partial charge on any atom is -0.487 e. The van der Waals surface area contributed by atoms with E-state index in [2.05, 4.69) is 32.2 Å². The lowest BCUT2D eigenvalue weighted by Crippen LogP contribution is -2.41. The van der Waals surface area contributed by atoms with Crippen molar-refractivity contribution >= 4 is 0 Å². The van der Waals surface area contributed by atoms with Gasteiger partial charge in [-0.05, 0) is 26.3 Å². The van der Waals surface area contributed by atoms with Crippen molar-refractivity contribution in [2.75, 3.05) is 6.54 Å². The molecule has 1 aromatic rings. The molecule has 1 aromatic carbocycles. The van der Waals surface area contributed by atoms with Gasteiger partial charge in [-0.15, -0.1) is 0 Å². The first-order chi connectivity index (χ1) is 9.02. The number of rotatable bonds is 5. The van der Waals surface area contributed by atoms with Gasteiger partial charge in [-0.25, -0.2) is 0 Å². The minimum atomic E-state index is -0.261. The molecule has 2 rings (SSSR count). The Morgan fingerprint density at radius 3 is 2.89 bits per heavy atom. The van der Waals surface area contributed by atoms with Crippen LogP contribution in [0, 0.1) is 0 Å². The van der Waals surface area contributed by atoms with Crippen LogP contribution in [0.15, 0.2) is 24.3 Å². The molecule has 0 fully saturated rings.